The number of amides is 2. The first-order chi connectivity index (χ1) is 17.0. The SMILES string of the molecule is Cc1ccccc1C(=O)N(CC(=O)N1CCc2sccc2[C@H]1COc1ccccc1F)CC1CC1. The molecule has 2 heterocycles. The van der Waals surface area contributed by atoms with Crippen molar-refractivity contribution >= 4 is 23.2 Å². The summed E-state index contributed by atoms with van der Waals surface area (Å²) in [5, 5.41) is 2.02. The van der Waals surface area contributed by atoms with Gasteiger partial charge >= 0.3 is 0 Å². The Bertz CT molecular complexity index is 1220. The molecule has 1 saturated carbocycles. The van der Waals surface area contributed by atoms with E-state index in [1.165, 1.54) is 10.9 Å². The van der Waals surface area contributed by atoms with Gasteiger partial charge in [0.25, 0.3) is 5.91 Å². The molecule has 1 aliphatic heterocycles. The Morgan fingerprint density at radius 3 is 2.66 bits per heavy atom. The van der Waals surface area contributed by atoms with E-state index in [1.807, 2.05) is 42.6 Å². The van der Waals surface area contributed by atoms with Crippen molar-refractivity contribution in [3.8, 4) is 5.75 Å². The third-order valence-electron chi connectivity index (χ3n) is 6.81. The van der Waals surface area contributed by atoms with Crippen molar-refractivity contribution in [2.24, 2.45) is 5.92 Å². The van der Waals surface area contributed by atoms with E-state index < -0.39 is 5.82 Å². The summed E-state index contributed by atoms with van der Waals surface area (Å²) in [5.74, 6) is 0.00148. The maximum Gasteiger partial charge on any atom is 0.254 e. The van der Waals surface area contributed by atoms with Crippen LogP contribution < -0.4 is 4.74 Å². The van der Waals surface area contributed by atoms with Crippen molar-refractivity contribution in [2.45, 2.75) is 32.2 Å². The molecule has 0 saturated heterocycles. The van der Waals surface area contributed by atoms with Crippen LogP contribution in [-0.2, 0) is 11.2 Å². The minimum atomic E-state index is -0.425. The molecule has 1 fully saturated rings. The molecule has 1 aromatic heterocycles. The predicted molar refractivity (Wildman–Crippen MR) is 134 cm³/mol. The number of fused-ring (bicyclic) bond motifs is 1. The molecule has 3 aromatic rings. The lowest BCUT2D eigenvalue weighted by Gasteiger charge is -2.37. The fourth-order valence-electron chi connectivity index (χ4n) is 4.67. The molecule has 0 spiro atoms. The van der Waals surface area contributed by atoms with E-state index in [1.54, 1.807) is 39.3 Å². The van der Waals surface area contributed by atoms with Gasteiger partial charge in [0.05, 0.1) is 6.04 Å². The maximum absolute atomic E-state index is 14.2. The highest BCUT2D eigenvalue weighted by Gasteiger charge is 2.35. The van der Waals surface area contributed by atoms with Crippen LogP contribution >= 0.6 is 11.3 Å². The number of carbonyl (C=O) groups is 2. The smallest absolute Gasteiger partial charge is 0.254 e. The van der Waals surface area contributed by atoms with Crippen molar-refractivity contribution in [3.05, 3.63) is 87.4 Å². The molecule has 7 heteroatoms. The van der Waals surface area contributed by atoms with Crippen LogP contribution in [0, 0.1) is 18.7 Å². The molecule has 0 bridgehead atoms. The fraction of sp³-hybridized carbons (Fsp3) is 0.357. The topological polar surface area (TPSA) is 49.9 Å². The number of hydrogen-bond acceptors (Lipinski definition) is 4. The van der Waals surface area contributed by atoms with Crippen LogP contribution in [0.25, 0.3) is 0 Å². The van der Waals surface area contributed by atoms with E-state index >= 15 is 0 Å². The van der Waals surface area contributed by atoms with Gasteiger partial charge in [-0.2, -0.15) is 0 Å². The molecule has 0 N–H and O–H groups in total. The van der Waals surface area contributed by atoms with E-state index in [2.05, 4.69) is 0 Å². The van der Waals surface area contributed by atoms with Crippen LogP contribution in [0.2, 0.25) is 0 Å². The van der Waals surface area contributed by atoms with Gasteiger partial charge in [-0.1, -0.05) is 30.3 Å². The van der Waals surface area contributed by atoms with Crippen molar-refractivity contribution in [1.82, 2.24) is 9.80 Å². The molecule has 2 amide bonds. The third kappa shape index (κ3) is 5.25. The van der Waals surface area contributed by atoms with Crippen molar-refractivity contribution in [1.29, 1.82) is 0 Å². The van der Waals surface area contributed by atoms with E-state index in [0.29, 0.717) is 24.6 Å². The molecule has 2 aliphatic rings. The van der Waals surface area contributed by atoms with Gasteiger partial charge in [0.15, 0.2) is 11.6 Å². The Labute approximate surface area is 209 Å². The Kier molecular flexibility index (Phi) is 6.86. The minimum Gasteiger partial charge on any atom is -0.488 e. The molecule has 0 radical (unpaired) electrons. The molecule has 1 atom stereocenters. The quantitative estimate of drug-likeness (QED) is 0.431. The number of ether oxygens (including phenoxy) is 1. The van der Waals surface area contributed by atoms with Gasteiger partial charge in [0.2, 0.25) is 5.91 Å². The van der Waals surface area contributed by atoms with E-state index in [-0.39, 0.29) is 36.8 Å². The van der Waals surface area contributed by atoms with Crippen LogP contribution in [0.4, 0.5) is 4.39 Å². The number of rotatable bonds is 8. The van der Waals surface area contributed by atoms with Gasteiger partial charge in [0, 0.05) is 23.5 Å². The highest BCUT2D eigenvalue weighted by Crippen LogP contribution is 2.35. The van der Waals surface area contributed by atoms with Crippen molar-refractivity contribution in [2.75, 3.05) is 26.2 Å². The predicted octanol–water partition coefficient (Wildman–Crippen LogP) is 5.25. The number of hydrogen-bond donors (Lipinski definition) is 0. The molecular formula is C28H29FN2O3S. The Balaban J connectivity index is 1.36. The summed E-state index contributed by atoms with van der Waals surface area (Å²) in [7, 11) is 0. The second kappa shape index (κ2) is 10.2. The van der Waals surface area contributed by atoms with Gasteiger partial charge in [-0.05, 0) is 72.9 Å². The first-order valence-corrected chi connectivity index (χ1v) is 13.0. The van der Waals surface area contributed by atoms with Crippen molar-refractivity contribution < 1.29 is 18.7 Å². The average Bonchev–Trinajstić information content (AvgIpc) is 3.55. The lowest BCUT2D eigenvalue weighted by Crippen LogP contribution is -2.48. The number of nitrogens with zero attached hydrogens (tertiary/aromatic N) is 2. The molecule has 1 aliphatic carbocycles. The largest absolute Gasteiger partial charge is 0.488 e. The van der Waals surface area contributed by atoms with Crippen LogP contribution in [0.1, 0.15) is 45.2 Å². The summed E-state index contributed by atoms with van der Waals surface area (Å²) in [6.45, 7) is 3.24. The van der Waals surface area contributed by atoms with E-state index in [4.69, 9.17) is 4.74 Å². The molecule has 35 heavy (non-hydrogen) atoms. The van der Waals surface area contributed by atoms with Crippen LogP contribution in [0.15, 0.2) is 60.0 Å². The highest BCUT2D eigenvalue weighted by atomic mass is 32.1. The molecule has 2 aromatic carbocycles. The maximum atomic E-state index is 14.2. The van der Waals surface area contributed by atoms with Gasteiger partial charge in [-0.3, -0.25) is 9.59 Å². The zero-order chi connectivity index (χ0) is 24.4. The molecule has 5 nitrogen and oxygen atoms in total. The minimum absolute atomic E-state index is 0.0271. The summed E-state index contributed by atoms with van der Waals surface area (Å²) in [4.78, 5) is 31.8. The van der Waals surface area contributed by atoms with Gasteiger partial charge in [-0.25, -0.2) is 4.39 Å². The van der Waals surface area contributed by atoms with Gasteiger partial charge in [0.1, 0.15) is 13.2 Å². The lowest BCUT2D eigenvalue weighted by atomic mass is 10.00. The molecular weight excluding hydrogens is 463 g/mol. The fourth-order valence-corrected chi connectivity index (χ4v) is 5.60. The molecule has 5 rings (SSSR count). The summed E-state index contributed by atoms with van der Waals surface area (Å²) in [6.07, 6.45) is 2.95. The van der Waals surface area contributed by atoms with E-state index in [0.717, 1.165) is 30.4 Å². The number of para-hydroxylation sites is 1. The van der Waals surface area contributed by atoms with E-state index in [9.17, 15) is 14.0 Å². The van der Waals surface area contributed by atoms with Gasteiger partial charge < -0.3 is 14.5 Å². The summed E-state index contributed by atoms with van der Waals surface area (Å²) in [5.41, 5.74) is 2.59. The standard InChI is InChI=1S/C28H29FN2O3S/c1-19-6-2-3-7-21(19)28(33)30(16-20-10-11-20)17-27(32)31-14-12-26-22(13-15-35-26)24(31)18-34-25-9-5-4-8-23(25)29/h2-9,13,15,20,24H,10-12,14,16-18H2,1H3/t24-/m1/s1. The number of aryl methyl sites for hydroxylation is 1. The Morgan fingerprint density at radius 2 is 1.89 bits per heavy atom. The molecule has 182 valence electrons. The number of benzene rings is 2. The van der Waals surface area contributed by atoms with Crippen molar-refractivity contribution in [3.63, 3.8) is 0 Å². The lowest BCUT2D eigenvalue weighted by molar-refractivity contribution is -0.135. The number of carbonyl (C=O) groups excluding carboxylic acids is 2. The van der Waals surface area contributed by atoms with Crippen LogP contribution in [0.5, 0.6) is 5.75 Å². The first kappa shape index (κ1) is 23.5. The van der Waals surface area contributed by atoms with Gasteiger partial charge in [-0.15, -0.1) is 11.3 Å². The average molecular weight is 493 g/mol. The molecule has 0 unspecified atom stereocenters. The second-order valence-corrected chi connectivity index (χ2v) is 10.3. The summed E-state index contributed by atoms with van der Waals surface area (Å²) in [6, 6.07) is 15.5. The van der Waals surface area contributed by atoms with Crippen LogP contribution in [-0.4, -0.2) is 47.9 Å². The summed E-state index contributed by atoms with van der Waals surface area (Å²) < 4.78 is 20.0. The normalized spacial score (nSPS) is 17.1. The number of thiophene rings is 1. The second-order valence-electron chi connectivity index (χ2n) is 9.34. The first-order valence-electron chi connectivity index (χ1n) is 12.1. The zero-order valence-corrected chi connectivity index (χ0v) is 20.6. The summed E-state index contributed by atoms with van der Waals surface area (Å²) >= 11 is 1.67. The van der Waals surface area contributed by atoms with Crippen LogP contribution in [0.3, 0.4) is 0 Å². The Morgan fingerprint density at radius 1 is 1.11 bits per heavy atom. The monoisotopic (exact) mass is 492 g/mol. The zero-order valence-electron chi connectivity index (χ0n) is 19.8. The number of halogens is 1. The third-order valence-corrected chi connectivity index (χ3v) is 7.81. The Hall–Kier alpha value is -3.19. The highest BCUT2D eigenvalue weighted by molar-refractivity contribution is 7.10.